The molecule has 8 nitrogen and oxygen atoms in total. The van der Waals surface area contributed by atoms with Crippen LogP contribution in [0.5, 0.6) is 0 Å². The van der Waals surface area contributed by atoms with Gasteiger partial charge in [-0.05, 0) is 30.3 Å². The second-order valence-electron chi connectivity index (χ2n) is 6.88. The number of carbonyl (C=O) groups excluding carboxylic acids is 2. The lowest BCUT2D eigenvalue weighted by Crippen LogP contribution is -2.22. The summed E-state index contributed by atoms with van der Waals surface area (Å²) in [5.74, 6) is -1.03. The minimum Gasteiger partial charge on any atom is -0.363 e. The van der Waals surface area contributed by atoms with Gasteiger partial charge in [0.05, 0.1) is 16.9 Å². The van der Waals surface area contributed by atoms with E-state index < -0.39 is 17.6 Å². The van der Waals surface area contributed by atoms with Gasteiger partial charge in [-0.15, -0.1) is 0 Å². The van der Waals surface area contributed by atoms with Crippen molar-refractivity contribution in [2.45, 2.75) is 0 Å². The monoisotopic (exact) mass is 442 g/mol. The second kappa shape index (κ2) is 8.97. The summed E-state index contributed by atoms with van der Waals surface area (Å²) >= 11 is 5.96. The molecule has 0 radical (unpaired) electrons. The van der Waals surface area contributed by atoms with Gasteiger partial charge in [0.2, 0.25) is 0 Å². The SMILES string of the molecule is CN(C)C(=N)c1ccc(C(=O)Nc2c(C(=O)Nc3ccc(F)cc3Cl)cnn2C)cc1. The number of aromatic nitrogens is 2. The molecule has 160 valence electrons. The quantitative estimate of drug-likeness (QED) is 0.415. The average molecular weight is 443 g/mol. The standard InChI is InChI=1S/C21H20ClFN6O2/c1-28(2)18(24)12-4-6-13(7-5-12)20(30)27-19-15(11-25-29(19)3)21(31)26-17-9-8-14(23)10-16(17)22/h4-11,24H,1-3H3,(H,26,31)(H,27,30). The van der Waals surface area contributed by atoms with Gasteiger partial charge in [0, 0.05) is 32.3 Å². The number of benzene rings is 2. The molecule has 0 saturated heterocycles. The van der Waals surface area contributed by atoms with Crippen LogP contribution in [-0.2, 0) is 7.05 Å². The Kier molecular flexibility index (Phi) is 6.36. The highest BCUT2D eigenvalue weighted by Gasteiger charge is 2.20. The van der Waals surface area contributed by atoms with Crippen molar-refractivity contribution in [2.75, 3.05) is 24.7 Å². The van der Waals surface area contributed by atoms with Crippen molar-refractivity contribution in [3.63, 3.8) is 0 Å². The molecule has 1 heterocycles. The zero-order chi connectivity index (χ0) is 22.7. The molecule has 0 spiro atoms. The van der Waals surface area contributed by atoms with Crippen molar-refractivity contribution in [1.82, 2.24) is 14.7 Å². The van der Waals surface area contributed by atoms with Crippen LogP contribution in [0.3, 0.4) is 0 Å². The first-order valence-electron chi connectivity index (χ1n) is 9.13. The zero-order valence-electron chi connectivity index (χ0n) is 17.0. The van der Waals surface area contributed by atoms with Crippen LogP contribution in [0.15, 0.2) is 48.7 Å². The Balaban J connectivity index is 1.78. The summed E-state index contributed by atoms with van der Waals surface area (Å²) in [5, 5.41) is 17.3. The maximum absolute atomic E-state index is 13.2. The van der Waals surface area contributed by atoms with Crippen LogP contribution in [0.4, 0.5) is 15.9 Å². The van der Waals surface area contributed by atoms with Crippen LogP contribution in [0.2, 0.25) is 5.02 Å². The van der Waals surface area contributed by atoms with E-state index in [-0.39, 0.29) is 22.1 Å². The molecule has 2 aromatic carbocycles. The van der Waals surface area contributed by atoms with Gasteiger partial charge in [0.1, 0.15) is 23.0 Å². The smallest absolute Gasteiger partial charge is 0.261 e. The molecule has 31 heavy (non-hydrogen) atoms. The van der Waals surface area contributed by atoms with Gasteiger partial charge in [-0.2, -0.15) is 5.10 Å². The Labute approximate surface area is 183 Å². The molecule has 10 heteroatoms. The van der Waals surface area contributed by atoms with Crippen LogP contribution < -0.4 is 10.6 Å². The molecule has 3 rings (SSSR count). The molecule has 0 aliphatic heterocycles. The Morgan fingerprint density at radius 3 is 2.32 bits per heavy atom. The van der Waals surface area contributed by atoms with Gasteiger partial charge in [-0.3, -0.25) is 19.7 Å². The van der Waals surface area contributed by atoms with Crippen molar-refractivity contribution < 1.29 is 14.0 Å². The minimum absolute atomic E-state index is 0.0474. The lowest BCUT2D eigenvalue weighted by Gasteiger charge is -2.14. The van der Waals surface area contributed by atoms with Gasteiger partial charge in [-0.1, -0.05) is 23.7 Å². The number of halogens is 2. The van der Waals surface area contributed by atoms with Crippen LogP contribution >= 0.6 is 11.6 Å². The Bertz CT molecular complexity index is 1160. The third kappa shape index (κ3) is 4.89. The van der Waals surface area contributed by atoms with E-state index in [4.69, 9.17) is 17.0 Å². The fourth-order valence-corrected chi connectivity index (χ4v) is 2.96. The number of nitrogens with zero attached hydrogens (tertiary/aromatic N) is 3. The summed E-state index contributed by atoms with van der Waals surface area (Å²) in [6.45, 7) is 0. The van der Waals surface area contributed by atoms with Crippen molar-refractivity contribution in [2.24, 2.45) is 7.05 Å². The van der Waals surface area contributed by atoms with Crippen LogP contribution in [0, 0.1) is 11.2 Å². The van der Waals surface area contributed by atoms with E-state index in [1.807, 2.05) is 0 Å². The molecule has 0 aliphatic carbocycles. The first-order valence-corrected chi connectivity index (χ1v) is 9.51. The number of anilines is 2. The summed E-state index contributed by atoms with van der Waals surface area (Å²) in [7, 11) is 5.10. The number of amidine groups is 1. The van der Waals surface area contributed by atoms with Crippen molar-refractivity contribution in [3.8, 4) is 0 Å². The highest BCUT2D eigenvalue weighted by molar-refractivity contribution is 6.34. The maximum Gasteiger partial charge on any atom is 0.261 e. The molecule has 0 aliphatic rings. The summed E-state index contributed by atoms with van der Waals surface area (Å²) in [4.78, 5) is 27.0. The lowest BCUT2D eigenvalue weighted by atomic mass is 10.1. The summed E-state index contributed by atoms with van der Waals surface area (Å²) in [5.41, 5.74) is 1.36. The van der Waals surface area contributed by atoms with Gasteiger partial charge >= 0.3 is 0 Å². The fourth-order valence-electron chi connectivity index (χ4n) is 2.75. The van der Waals surface area contributed by atoms with E-state index in [1.165, 1.54) is 23.0 Å². The highest BCUT2D eigenvalue weighted by atomic mass is 35.5. The van der Waals surface area contributed by atoms with E-state index in [9.17, 15) is 14.0 Å². The van der Waals surface area contributed by atoms with Gasteiger partial charge in [0.25, 0.3) is 11.8 Å². The molecule has 0 fully saturated rings. The summed E-state index contributed by atoms with van der Waals surface area (Å²) in [6, 6.07) is 10.1. The zero-order valence-corrected chi connectivity index (χ0v) is 17.8. The first-order chi connectivity index (χ1) is 14.7. The molecule has 0 saturated carbocycles. The first kappa shape index (κ1) is 22.0. The van der Waals surface area contributed by atoms with E-state index in [2.05, 4.69) is 15.7 Å². The highest BCUT2D eigenvalue weighted by Crippen LogP contribution is 2.24. The molecular weight excluding hydrogens is 423 g/mol. The normalized spacial score (nSPS) is 10.5. The summed E-state index contributed by atoms with van der Waals surface area (Å²) < 4.78 is 14.6. The van der Waals surface area contributed by atoms with Crippen molar-refractivity contribution in [1.29, 1.82) is 5.41 Å². The number of carbonyl (C=O) groups is 2. The van der Waals surface area contributed by atoms with Crippen LogP contribution in [-0.4, -0.2) is 46.4 Å². The Morgan fingerprint density at radius 2 is 1.71 bits per heavy atom. The van der Waals surface area contributed by atoms with Gasteiger partial charge < -0.3 is 15.5 Å². The molecule has 2 amide bonds. The van der Waals surface area contributed by atoms with Crippen molar-refractivity contribution >= 4 is 40.8 Å². The van der Waals surface area contributed by atoms with E-state index in [0.29, 0.717) is 17.0 Å². The molecule has 0 bridgehead atoms. The molecule has 0 atom stereocenters. The number of nitrogens with one attached hydrogen (secondary N) is 3. The molecule has 0 unspecified atom stereocenters. The Morgan fingerprint density at radius 1 is 1.06 bits per heavy atom. The maximum atomic E-state index is 13.2. The minimum atomic E-state index is -0.563. The predicted octanol–water partition coefficient (Wildman–Crippen LogP) is 3.60. The Hall–Kier alpha value is -3.72. The molecule has 3 aromatic rings. The number of hydrogen-bond donors (Lipinski definition) is 3. The molecular formula is C21H20ClFN6O2. The lowest BCUT2D eigenvalue weighted by molar-refractivity contribution is 0.102. The van der Waals surface area contributed by atoms with Crippen molar-refractivity contribution in [3.05, 3.63) is 76.2 Å². The largest absolute Gasteiger partial charge is 0.363 e. The average Bonchev–Trinajstić information content (AvgIpc) is 3.09. The topological polar surface area (TPSA) is 103 Å². The number of amides is 2. The molecule has 3 N–H and O–H groups in total. The third-order valence-corrected chi connectivity index (χ3v) is 4.78. The number of rotatable bonds is 5. The molecule has 1 aromatic heterocycles. The third-order valence-electron chi connectivity index (χ3n) is 4.46. The van der Waals surface area contributed by atoms with E-state index >= 15 is 0 Å². The fraction of sp³-hybridized carbons (Fsp3) is 0.143. The van der Waals surface area contributed by atoms with Gasteiger partial charge in [-0.25, -0.2) is 4.39 Å². The number of hydrogen-bond acceptors (Lipinski definition) is 4. The van der Waals surface area contributed by atoms with Gasteiger partial charge in [0.15, 0.2) is 0 Å². The second-order valence-corrected chi connectivity index (χ2v) is 7.29. The van der Waals surface area contributed by atoms with Crippen LogP contribution in [0.25, 0.3) is 0 Å². The predicted molar refractivity (Wildman–Crippen MR) is 117 cm³/mol. The van der Waals surface area contributed by atoms with E-state index in [1.54, 1.807) is 50.3 Å². The van der Waals surface area contributed by atoms with E-state index in [0.717, 1.165) is 6.07 Å². The summed E-state index contributed by atoms with van der Waals surface area (Å²) in [6.07, 6.45) is 1.31. The number of aryl methyl sites for hydroxylation is 1. The van der Waals surface area contributed by atoms with Crippen LogP contribution in [0.1, 0.15) is 26.3 Å².